The summed E-state index contributed by atoms with van der Waals surface area (Å²) in [6.07, 6.45) is 3.05. The Morgan fingerprint density at radius 1 is 1.06 bits per heavy atom. The first-order valence-corrected chi connectivity index (χ1v) is 6.55. The van der Waals surface area contributed by atoms with Gasteiger partial charge in [0.1, 0.15) is 0 Å². The fourth-order valence-electron chi connectivity index (χ4n) is 4.37. The molecule has 0 amide bonds. The first-order chi connectivity index (χ1) is 7.93. The predicted molar refractivity (Wildman–Crippen MR) is 62.8 cm³/mol. The topological polar surface area (TPSA) is 9.23 Å². The Morgan fingerprint density at radius 2 is 1.81 bits per heavy atom. The highest BCUT2D eigenvalue weighted by atomic mass is 16.5. The molecule has 0 N–H and O–H groups in total. The van der Waals surface area contributed by atoms with Crippen molar-refractivity contribution in [2.75, 3.05) is 6.61 Å². The second kappa shape index (κ2) is 3.33. The van der Waals surface area contributed by atoms with Gasteiger partial charge in [-0.15, -0.1) is 0 Å². The van der Waals surface area contributed by atoms with Gasteiger partial charge in [-0.3, -0.25) is 0 Å². The Kier molecular flexibility index (Phi) is 1.92. The van der Waals surface area contributed by atoms with Crippen LogP contribution in [-0.2, 0) is 11.3 Å². The van der Waals surface area contributed by atoms with Crippen LogP contribution in [0.3, 0.4) is 0 Å². The molecule has 0 spiro atoms. The smallest absolute Gasteiger partial charge is 0.0717 e. The molecule has 1 aromatic rings. The molecular weight excluding hydrogens is 196 g/mol. The van der Waals surface area contributed by atoms with Gasteiger partial charge in [-0.05, 0) is 48.0 Å². The van der Waals surface area contributed by atoms with Gasteiger partial charge in [0.25, 0.3) is 0 Å². The summed E-state index contributed by atoms with van der Waals surface area (Å²) in [6, 6.07) is 10.5. The highest BCUT2D eigenvalue weighted by Gasteiger charge is 2.67. The molecule has 4 aliphatic rings. The van der Waals surface area contributed by atoms with Gasteiger partial charge in [0.05, 0.1) is 13.2 Å². The molecule has 1 aromatic carbocycles. The van der Waals surface area contributed by atoms with Gasteiger partial charge in [0.2, 0.25) is 0 Å². The van der Waals surface area contributed by atoms with Crippen LogP contribution in [0.1, 0.15) is 18.4 Å². The van der Waals surface area contributed by atoms with Gasteiger partial charge in [-0.2, -0.15) is 0 Å². The highest BCUT2D eigenvalue weighted by Crippen LogP contribution is 2.73. The molecule has 1 heteroatoms. The zero-order valence-electron chi connectivity index (χ0n) is 9.51. The lowest BCUT2D eigenvalue weighted by molar-refractivity contribution is 0.0745. The van der Waals surface area contributed by atoms with Crippen LogP contribution in [0.2, 0.25) is 0 Å². The van der Waals surface area contributed by atoms with E-state index in [2.05, 4.69) is 30.3 Å². The van der Waals surface area contributed by atoms with E-state index in [-0.39, 0.29) is 0 Å². The van der Waals surface area contributed by atoms with Crippen LogP contribution >= 0.6 is 0 Å². The van der Waals surface area contributed by atoms with Crippen molar-refractivity contribution in [3.05, 3.63) is 35.9 Å². The Hall–Kier alpha value is -0.820. The quantitative estimate of drug-likeness (QED) is 0.748. The van der Waals surface area contributed by atoms with Crippen LogP contribution < -0.4 is 0 Å². The third-order valence-corrected chi connectivity index (χ3v) is 5.07. The van der Waals surface area contributed by atoms with E-state index in [9.17, 15) is 0 Å². The number of hydrogen-bond donors (Lipinski definition) is 0. The lowest BCUT2D eigenvalue weighted by Gasteiger charge is -2.14. The molecule has 3 unspecified atom stereocenters. The Labute approximate surface area is 96.8 Å². The van der Waals surface area contributed by atoms with E-state index in [4.69, 9.17) is 4.74 Å². The molecule has 0 aromatic heterocycles. The molecule has 4 aliphatic carbocycles. The van der Waals surface area contributed by atoms with Crippen LogP contribution in [0.25, 0.3) is 0 Å². The van der Waals surface area contributed by atoms with E-state index in [0.29, 0.717) is 0 Å². The molecule has 16 heavy (non-hydrogen) atoms. The molecule has 0 radical (unpaired) electrons. The number of hydrogen-bond acceptors (Lipinski definition) is 1. The summed E-state index contributed by atoms with van der Waals surface area (Å²) in [7, 11) is 0. The van der Waals surface area contributed by atoms with Gasteiger partial charge >= 0.3 is 0 Å². The summed E-state index contributed by atoms with van der Waals surface area (Å²) in [5.74, 6) is 5.25. The maximum Gasteiger partial charge on any atom is 0.0717 e. The van der Waals surface area contributed by atoms with Crippen molar-refractivity contribution < 1.29 is 4.74 Å². The average Bonchev–Trinajstić information content (AvgIpc) is 2.73. The first kappa shape index (κ1) is 9.23. The maximum atomic E-state index is 5.90. The van der Waals surface area contributed by atoms with Crippen molar-refractivity contribution in [1.82, 2.24) is 0 Å². The molecular formula is C15H18O. The van der Waals surface area contributed by atoms with Crippen molar-refractivity contribution in [3.63, 3.8) is 0 Å². The van der Waals surface area contributed by atoms with Crippen LogP contribution in [-0.4, -0.2) is 6.61 Å². The normalized spacial score (nSPS) is 42.6. The first-order valence-electron chi connectivity index (χ1n) is 6.55. The van der Waals surface area contributed by atoms with Crippen molar-refractivity contribution >= 4 is 0 Å². The summed E-state index contributed by atoms with van der Waals surface area (Å²) < 4.78 is 5.90. The van der Waals surface area contributed by atoms with E-state index >= 15 is 0 Å². The molecule has 3 atom stereocenters. The van der Waals surface area contributed by atoms with Gasteiger partial charge < -0.3 is 4.74 Å². The molecule has 0 aliphatic heterocycles. The Balaban J connectivity index is 1.31. The summed E-state index contributed by atoms with van der Waals surface area (Å²) in [5.41, 5.74) is 1.31. The number of benzene rings is 1. The van der Waals surface area contributed by atoms with E-state index in [1.54, 1.807) is 0 Å². The molecule has 84 valence electrons. The summed E-state index contributed by atoms with van der Waals surface area (Å²) >= 11 is 0. The predicted octanol–water partition coefficient (Wildman–Crippen LogP) is 3.11. The Bertz CT molecular complexity index is 372. The summed E-state index contributed by atoms with van der Waals surface area (Å²) in [5, 5.41) is 0. The minimum Gasteiger partial charge on any atom is -0.376 e. The fraction of sp³-hybridized carbons (Fsp3) is 0.600. The summed E-state index contributed by atoms with van der Waals surface area (Å²) in [4.78, 5) is 0. The molecule has 4 fully saturated rings. The van der Waals surface area contributed by atoms with Crippen LogP contribution in [0, 0.1) is 29.6 Å². The Morgan fingerprint density at radius 3 is 2.44 bits per heavy atom. The van der Waals surface area contributed by atoms with Crippen molar-refractivity contribution in [2.24, 2.45) is 29.6 Å². The minimum atomic E-state index is 0.798. The fourth-order valence-corrected chi connectivity index (χ4v) is 4.37. The lowest BCUT2D eigenvalue weighted by atomic mass is 9.99. The lowest BCUT2D eigenvalue weighted by Crippen LogP contribution is -2.13. The van der Waals surface area contributed by atoms with E-state index in [1.165, 1.54) is 18.4 Å². The second-order valence-corrected chi connectivity index (χ2v) is 5.80. The largest absolute Gasteiger partial charge is 0.376 e. The third kappa shape index (κ3) is 1.27. The zero-order valence-corrected chi connectivity index (χ0v) is 9.51. The van der Waals surface area contributed by atoms with E-state index in [1.807, 2.05) is 0 Å². The SMILES string of the molecule is c1ccc(COCC2C3CC4C(C3)C24)cc1. The summed E-state index contributed by atoms with van der Waals surface area (Å²) in [6.45, 7) is 1.81. The molecule has 4 bridgehead atoms. The molecule has 0 saturated heterocycles. The van der Waals surface area contributed by atoms with E-state index < -0.39 is 0 Å². The monoisotopic (exact) mass is 214 g/mol. The highest BCUT2D eigenvalue weighted by molar-refractivity contribution is 5.16. The van der Waals surface area contributed by atoms with E-state index in [0.717, 1.165) is 42.8 Å². The minimum absolute atomic E-state index is 0.798. The second-order valence-electron chi connectivity index (χ2n) is 5.80. The van der Waals surface area contributed by atoms with Crippen molar-refractivity contribution in [1.29, 1.82) is 0 Å². The maximum absolute atomic E-state index is 5.90. The van der Waals surface area contributed by atoms with Crippen LogP contribution in [0.5, 0.6) is 0 Å². The standard InChI is InChI=1S/C15H18O/c1-2-4-10(5-3-1)8-16-9-14-11-6-12-13(7-11)15(12)14/h1-5,11-15H,6-9H2. The number of rotatable bonds is 4. The van der Waals surface area contributed by atoms with Gasteiger partial charge in [0, 0.05) is 0 Å². The zero-order chi connectivity index (χ0) is 10.5. The molecule has 1 nitrogen and oxygen atoms in total. The number of ether oxygens (including phenoxy) is 1. The van der Waals surface area contributed by atoms with Gasteiger partial charge in [-0.25, -0.2) is 0 Å². The van der Waals surface area contributed by atoms with Crippen molar-refractivity contribution in [2.45, 2.75) is 19.4 Å². The third-order valence-electron chi connectivity index (χ3n) is 5.07. The molecule has 4 saturated carbocycles. The average molecular weight is 214 g/mol. The van der Waals surface area contributed by atoms with Gasteiger partial charge in [0.15, 0.2) is 0 Å². The molecule has 0 heterocycles. The van der Waals surface area contributed by atoms with Crippen molar-refractivity contribution in [3.8, 4) is 0 Å². The molecule has 5 rings (SSSR count). The van der Waals surface area contributed by atoms with Crippen LogP contribution in [0.15, 0.2) is 30.3 Å². The van der Waals surface area contributed by atoms with Crippen LogP contribution in [0.4, 0.5) is 0 Å². The van der Waals surface area contributed by atoms with Gasteiger partial charge in [-0.1, -0.05) is 30.3 Å².